The van der Waals surface area contributed by atoms with E-state index in [9.17, 15) is 0 Å². The molecule has 2 aliphatic heterocycles. The van der Waals surface area contributed by atoms with E-state index in [1.165, 1.54) is 0 Å². The van der Waals surface area contributed by atoms with Crippen molar-refractivity contribution >= 4 is 69.3 Å². The monoisotopic (exact) mass is 902 g/mol. The summed E-state index contributed by atoms with van der Waals surface area (Å²) in [5.41, 5.74) is 2.07. The molecule has 0 aliphatic carbocycles. The Balaban J connectivity index is 1.55. The summed E-state index contributed by atoms with van der Waals surface area (Å²) in [4.78, 5) is 23.0. The van der Waals surface area contributed by atoms with Gasteiger partial charge in [0, 0.05) is 43.4 Å². The molecule has 8 rings (SSSR count). The molecule has 6 aromatic carbocycles. The topological polar surface area (TPSA) is 86.4 Å². The zero-order valence-corrected chi connectivity index (χ0v) is 37.5. The number of nitrogens with zero attached hydrogens (tertiary/aromatic N) is 4. The lowest BCUT2D eigenvalue weighted by Crippen LogP contribution is -2.43. The van der Waals surface area contributed by atoms with Crippen molar-refractivity contribution in [2.75, 3.05) is 26.4 Å². The number of rotatable bonds is 15. The molecule has 6 aromatic rings. The molecule has 0 radical (unpaired) electrons. The molecular formula is C50H42Cl4N4O4. The molecule has 2 unspecified atom stereocenters. The summed E-state index contributed by atoms with van der Waals surface area (Å²) in [5, 5.41) is 1.69. The molecule has 0 N–H and O–H groups in total. The van der Waals surface area contributed by atoms with Gasteiger partial charge in [0.2, 0.25) is 11.3 Å². The zero-order valence-electron chi connectivity index (χ0n) is 34.5. The van der Waals surface area contributed by atoms with E-state index in [1.54, 1.807) is 12.1 Å². The molecule has 2 heterocycles. The van der Waals surface area contributed by atoms with Crippen LogP contribution in [0.1, 0.15) is 61.1 Å². The molecule has 0 aromatic heterocycles. The van der Waals surface area contributed by atoms with Crippen LogP contribution in [0.4, 0.5) is 0 Å². The van der Waals surface area contributed by atoms with Gasteiger partial charge in [0.25, 0.3) is 0 Å². The normalized spacial score (nSPS) is 18.1. The van der Waals surface area contributed by atoms with Gasteiger partial charge in [0.15, 0.2) is 23.0 Å². The quantitative estimate of drug-likeness (QED) is 0.103. The SMILES string of the molecule is CCOc1ccc(C2=NC(c3ccccc3Cl)(C3(c4ccccc4Cl)N=C(c4ccc(OCC)c(OCC)c4)C(c4ccccc4Cl)=N3)N=C2c2ccccc2Cl)cc1OCC. The van der Waals surface area contributed by atoms with E-state index in [-0.39, 0.29) is 0 Å². The minimum Gasteiger partial charge on any atom is -0.490 e. The van der Waals surface area contributed by atoms with Gasteiger partial charge in [-0.15, -0.1) is 0 Å². The van der Waals surface area contributed by atoms with Crippen LogP contribution in [0.2, 0.25) is 20.1 Å². The molecule has 0 amide bonds. The van der Waals surface area contributed by atoms with Crippen molar-refractivity contribution in [3.05, 3.63) is 187 Å². The number of halogens is 4. The van der Waals surface area contributed by atoms with Gasteiger partial charge in [0.05, 0.1) is 59.3 Å². The summed E-state index contributed by atoms with van der Waals surface area (Å²) >= 11 is 28.9. The Morgan fingerprint density at radius 3 is 1.05 bits per heavy atom. The third kappa shape index (κ3) is 7.75. The van der Waals surface area contributed by atoms with Crippen LogP contribution in [0, 0.1) is 0 Å². The molecular weight excluding hydrogens is 862 g/mol. The highest BCUT2D eigenvalue weighted by Crippen LogP contribution is 2.57. The standard InChI is InChI=1S/C50H42Cl4N4O4/c1-5-59-41-27-25-31(29-43(41)61-7-3)45-47(33-17-9-13-21-37(33)51)57-49(55-45,35-19-11-15-23-39(35)53)50(36-20-12-16-24-40(36)54)56-46(48(58-50)34-18-10-14-22-38(34)52)32-26-28-42(60-6-2)44(30-32)62-8-4/h9-30H,5-8H2,1-4H3. The van der Waals surface area contributed by atoms with Crippen LogP contribution < -0.4 is 18.9 Å². The van der Waals surface area contributed by atoms with E-state index in [2.05, 4.69) is 0 Å². The first kappa shape index (κ1) is 43.0. The molecule has 12 heteroatoms. The van der Waals surface area contributed by atoms with Crippen molar-refractivity contribution < 1.29 is 18.9 Å². The van der Waals surface area contributed by atoms with E-state index < -0.39 is 11.3 Å². The highest BCUT2D eigenvalue weighted by molar-refractivity contribution is 6.58. The lowest BCUT2D eigenvalue weighted by molar-refractivity contribution is 0.257. The smallest absolute Gasteiger partial charge is 0.227 e. The second-order valence-electron chi connectivity index (χ2n) is 14.2. The van der Waals surface area contributed by atoms with Crippen molar-refractivity contribution in [2.45, 2.75) is 39.0 Å². The summed E-state index contributed by atoms with van der Waals surface area (Å²) in [6, 6.07) is 41.4. The van der Waals surface area contributed by atoms with Crippen LogP contribution in [0.5, 0.6) is 23.0 Å². The lowest BCUT2D eigenvalue weighted by Gasteiger charge is -2.39. The average molecular weight is 905 g/mol. The maximum Gasteiger partial charge on any atom is 0.227 e. The Bertz CT molecular complexity index is 2600. The Hall–Kier alpha value is -5.64. The number of ether oxygens (including phenoxy) is 4. The fourth-order valence-corrected chi connectivity index (χ4v) is 8.79. The first-order chi connectivity index (χ1) is 30.2. The molecule has 2 atom stereocenters. The Kier molecular flexibility index (Phi) is 12.8. The van der Waals surface area contributed by atoms with Crippen molar-refractivity contribution in [2.24, 2.45) is 20.0 Å². The van der Waals surface area contributed by atoms with Crippen LogP contribution >= 0.6 is 46.4 Å². The van der Waals surface area contributed by atoms with E-state index in [4.69, 9.17) is 85.3 Å². The summed E-state index contributed by atoms with van der Waals surface area (Å²) in [5.74, 6) is 2.28. The number of benzene rings is 6. The third-order valence-corrected chi connectivity index (χ3v) is 11.7. The molecule has 62 heavy (non-hydrogen) atoms. The molecule has 0 spiro atoms. The maximum absolute atomic E-state index is 7.35. The lowest BCUT2D eigenvalue weighted by atomic mass is 9.82. The molecule has 0 saturated carbocycles. The number of aliphatic imine (C=N–C) groups is 4. The van der Waals surface area contributed by atoms with E-state index in [1.807, 2.05) is 149 Å². The largest absolute Gasteiger partial charge is 0.490 e. The molecule has 0 bridgehead atoms. The van der Waals surface area contributed by atoms with E-state index in [0.29, 0.717) is 126 Å². The van der Waals surface area contributed by atoms with E-state index >= 15 is 0 Å². The number of hydrogen-bond acceptors (Lipinski definition) is 8. The predicted molar refractivity (Wildman–Crippen MR) is 253 cm³/mol. The summed E-state index contributed by atoms with van der Waals surface area (Å²) in [7, 11) is 0. The highest BCUT2D eigenvalue weighted by Gasteiger charge is 2.62. The zero-order chi connectivity index (χ0) is 43.4. The van der Waals surface area contributed by atoms with Crippen LogP contribution in [0.15, 0.2) is 153 Å². The fourth-order valence-electron chi connectivity index (χ4n) is 7.81. The van der Waals surface area contributed by atoms with Gasteiger partial charge >= 0.3 is 0 Å². The van der Waals surface area contributed by atoms with Gasteiger partial charge in [-0.1, -0.05) is 119 Å². The van der Waals surface area contributed by atoms with Crippen LogP contribution in [-0.4, -0.2) is 49.3 Å². The van der Waals surface area contributed by atoms with Crippen LogP contribution in [0.3, 0.4) is 0 Å². The summed E-state index contributed by atoms with van der Waals surface area (Å²) in [6.45, 7) is 9.43. The molecule has 314 valence electrons. The van der Waals surface area contributed by atoms with Gasteiger partial charge in [-0.05, 0) is 88.4 Å². The van der Waals surface area contributed by atoms with Crippen molar-refractivity contribution in [3.8, 4) is 23.0 Å². The minimum atomic E-state index is -1.77. The van der Waals surface area contributed by atoms with Gasteiger partial charge in [-0.3, -0.25) is 0 Å². The maximum atomic E-state index is 7.35. The van der Waals surface area contributed by atoms with Gasteiger partial charge < -0.3 is 18.9 Å². The Morgan fingerprint density at radius 2 is 0.694 bits per heavy atom. The minimum absolute atomic E-state index is 0.380. The first-order valence-electron chi connectivity index (χ1n) is 20.4. The number of hydrogen-bond donors (Lipinski definition) is 0. The van der Waals surface area contributed by atoms with Crippen molar-refractivity contribution in [3.63, 3.8) is 0 Å². The van der Waals surface area contributed by atoms with Gasteiger partial charge in [-0.25, -0.2) is 20.0 Å². The second-order valence-corrected chi connectivity index (χ2v) is 15.8. The molecule has 0 saturated heterocycles. The second kappa shape index (κ2) is 18.4. The van der Waals surface area contributed by atoms with Gasteiger partial charge in [-0.2, -0.15) is 0 Å². The molecule has 2 aliphatic rings. The van der Waals surface area contributed by atoms with Crippen LogP contribution in [-0.2, 0) is 11.3 Å². The van der Waals surface area contributed by atoms with Gasteiger partial charge in [0.1, 0.15) is 0 Å². The van der Waals surface area contributed by atoms with Crippen molar-refractivity contribution in [1.82, 2.24) is 0 Å². The fraction of sp³-hybridized carbons (Fsp3) is 0.200. The molecule has 8 nitrogen and oxygen atoms in total. The average Bonchev–Trinajstić information content (AvgIpc) is 3.88. The molecule has 0 fully saturated rings. The summed E-state index contributed by atoms with van der Waals surface area (Å²) < 4.78 is 24.3. The predicted octanol–water partition coefficient (Wildman–Crippen LogP) is 12.9. The Labute approximate surface area is 381 Å². The van der Waals surface area contributed by atoms with E-state index in [0.717, 1.165) is 0 Å². The highest BCUT2D eigenvalue weighted by atomic mass is 35.5. The van der Waals surface area contributed by atoms with Crippen molar-refractivity contribution in [1.29, 1.82) is 0 Å². The summed E-state index contributed by atoms with van der Waals surface area (Å²) in [6.07, 6.45) is 0. The Morgan fingerprint density at radius 1 is 0.371 bits per heavy atom. The van der Waals surface area contributed by atoms with Crippen LogP contribution in [0.25, 0.3) is 0 Å². The third-order valence-electron chi connectivity index (χ3n) is 10.4. The first-order valence-corrected chi connectivity index (χ1v) is 21.9.